The van der Waals surface area contributed by atoms with Crippen LogP contribution in [0, 0.1) is 0 Å². The van der Waals surface area contributed by atoms with Gasteiger partial charge in [0.2, 0.25) is 0 Å². The van der Waals surface area contributed by atoms with Crippen LogP contribution in [0.5, 0.6) is 0 Å². The predicted octanol–water partition coefficient (Wildman–Crippen LogP) is 2.62. The van der Waals surface area contributed by atoms with Gasteiger partial charge in [-0.25, -0.2) is 0 Å². The number of hydrogen-bond donors (Lipinski definition) is 1. The number of benzene rings is 1. The highest BCUT2D eigenvalue weighted by atomic mass is 35.5. The Labute approximate surface area is 167 Å². The molecule has 3 rings (SSSR count). The van der Waals surface area contributed by atoms with Crippen LogP contribution in [0.4, 0.5) is 0 Å². The van der Waals surface area contributed by atoms with Crippen molar-refractivity contribution in [1.82, 2.24) is 19.6 Å². The Hall–Kier alpha value is -2.09. The molecule has 1 amide bonds. The van der Waals surface area contributed by atoms with E-state index < -0.39 is 5.97 Å². The molecule has 0 unspecified atom stereocenters. The molecule has 2 aromatic rings. The van der Waals surface area contributed by atoms with Crippen molar-refractivity contribution in [3.63, 3.8) is 0 Å². The van der Waals surface area contributed by atoms with Crippen molar-refractivity contribution in [2.75, 3.05) is 26.2 Å². The standard InChI is InChI=1S/C18H20Cl2N4O3/c19-14-2-1-13(11-15(14)20)12-22-7-9-23(10-8-22)18(27)16-3-5-24(21-16)6-4-17(25)26/h1-3,5,11H,4,6-10,12H2,(H,25,26). The summed E-state index contributed by atoms with van der Waals surface area (Å²) >= 11 is 12.0. The van der Waals surface area contributed by atoms with Gasteiger partial charge < -0.3 is 10.0 Å². The molecule has 0 aliphatic carbocycles. The molecule has 1 saturated heterocycles. The quantitative estimate of drug-likeness (QED) is 0.791. The molecule has 144 valence electrons. The van der Waals surface area contributed by atoms with E-state index in [0.29, 0.717) is 28.8 Å². The van der Waals surface area contributed by atoms with E-state index in [-0.39, 0.29) is 18.9 Å². The predicted molar refractivity (Wildman–Crippen MR) is 102 cm³/mol. The molecule has 0 atom stereocenters. The molecule has 2 heterocycles. The van der Waals surface area contributed by atoms with Gasteiger partial charge >= 0.3 is 5.97 Å². The maximum atomic E-state index is 12.6. The van der Waals surface area contributed by atoms with Crippen LogP contribution < -0.4 is 0 Å². The average molecular weight is 411 g/mol. The van der Waals surface area contributed by atoms with Crippen molar-refractivity contribution in [2.45, 2.75) is 19.5 Å². The van der Waals surface area contributed by atoms with Gasteiger partial charge in [-0.15, -0.1) is 0 Å². The number of hydrogen-bond acceptors (Lipinski definition) is 4. The molecule has 1 aliphatic heterocycles. The maximum Gasteiger partial charge on any atom is 0.305 e. The van der Waals surface area contributed by atoms with Gasteiger partial charge in [0.15, 0.2) is 0 Å². The maximum absolute atomic E-state index is 12.6. The van der Waals surface area contributed by atoms with Crippen LogP contribution in [0.1, 0.15) is 22.5 Å². The smallest absolute Gasteiger partial charge is 0.305 e. The fourth-order valence-corrected chi connectivity index (χ4v) is 3.30. The van der Waals surface area contributed by atoms with E-state index in [1.807, 2.05) is 12.1 Å². The van der Waals surface area contributed by atoms with E-state index in [9.17, 15) is 9.59 Å². The summed E-state index contributed by atoms with van der Waals surface area (Å²) in [6.07, 6.45) is 1.61. The molecule has 1 aliphatic rings. The zero-order valence-electron chi connectivity index (χ0n) is 14.6. The highest BCUT2D eigenvalue weighted by molar-refractivity contribution is 6.42. The van der Waals surface area contributed by atoms with Gasteiger partial charge in [-0.3, -0.25) is 19.2 Å². The number of carboxylic acid groups (broad SMARTS) is 1. The normalized spacial score (nSPS) is 15.1. The number of nitrogens with zero attached hydrogens (tertiary/aromatic N) is 4. The number of piperazine rings is 1. The first-order chi connectivity index (χ1) is 12.9. The number of halogens is 2. The Morgan fingerprint density at radius 1 is 1.07 bits per heavy atom. The molecule has 1 N–H and O–H groups in total. The minimum atomic E-state index is -0.892. The largest absolute Gasteiger partial charge is 0.481 e. The van der Waals surface area contributed by atoms with Crippen LogP contribution in [0.3, 0.4) is 0 Å². The van der Waals surface area contributed by atoms with E-state index in [4.69, 9.17) is 28.3 Å². The third-order valence-corrected chi connectivity index (χ3v) is 5.20. The molecular weight excluding hydrogens is 391 g/mol. The number of aliphatic carboxylic acids is 1. The minimum Gasteiger partial charge on any atom is -0.481 e. The molecular formula is C18H20Cl2N4O3. The van der Waals surface area contributed by atoms with Crippen molar-refractivity contribution >= 4 is 35.1 Å². The molecule has 7 nitrogen and oxygen atoms in total. The zero-order chi connectivity index (χ0) is 19.4. The monoisotopic (exact) mass is 410 g/mol. The molecule has 0 spiro atoms. The van der Waals surface area contributed by atoms with Crippen LogP contribution in [0.2, 0.25) is 10.0 Å². The fraction of sp³-hybridized carbons (Fsp3) is 0.389. The number of carboxylic acids is 1. The topological polar surface area (TPSA) is 78.7 Å². The summed E-state index contributed by atoms with van der Waals surface area (Å²) in [4.78, 5) is 27.2. The first-order valence-electron chi connectivity index (χ1n) is 8.63. The second-order valence-corrected chi connectivity index (χ2v) is 7.24. The molecule has 9 heteroatoms. The van der Waals surface area contributed by atoms with Crippen molar-refractivity contribution in [2.24, 2.45) is 0 Å². The average Bonchev–Trinajstić information content (AvgIpc) is 3.12. The van der Waals surface area contributed by atoms with Gasteiger partial charge in [0.25, 0.3) is 5.91 Å². The lowest BCUT2D eigenvalue weighted by Crippen LogP contribution is -2.48. The number of carbonyl (C=O) groups excluding carboxylic acids is 1. The summed E-state index contributed by atoms with van der Waals surface area (Å²) in [7, 11) is 0. The second-order valence-electron chi connectivity index (χ2n) is 6.42. The van der Waals surface area contributed by atoms with Gasteiger partial charge in [-0.2, -0.15) is 5.10 Å². The van der Waals surface area contributed by atoms with Crippen LogP contribution >= 0.6 is 23.2 Å². The Morgan fingerprint density at radius 3 is 2.48 bits per heavy atom. The van der Waals surface area contributed by atoms with Crippen LogP contribution in [-0.4, -0.2) is 62.7 Å². The third kappa shape index (κ3) is 5.22. The third-order valence-electron chi connectivity index (χ3n) is 4.46. The lowest BCUT2D eigenvalue weighted by atomic mass is 10.2. The molecule has 0 saturated carbocycles. The minimum absolute atomic E-state index is 0.0251. The first-order valence-corrected chi connectivity index (χ1v) is 9.39. The van der Waals surface area contributed by atoms with E-state index in [0.717, 1.165) is 25.2 Å². The lowest BCUT2D eigenvalue weighted by molar-refractivity contribution is -0.137. The Bertz CT molecular complexity index is 832. The Balaban J connectivity index is 1.51. The van der Waals surface area contributed by atoms with Gasteiger partial charge in [-0.05, 0) is 23.8 Å². The number of carbonyl (C=O) groups is 2. The van der Waals surface area contributed by atoms with Crippen LogP contribution in [0.25, 0.3) is 0 Å². The van der Waals surface area contributed by atoms with Gasteiger partial charge in [0.05, 0.1) is 23.0 Å². The van der Waals surface area contributed by atoms with Gasteiger partial charge in [-0.1, -0.05) is 29.3 Å². The fourth-order valence-electron chi connectivity index (χ4n) is 2.98. The number of aryl methyl sites for hydroxylation is 1. The van der Waals surface area contributed by atoms with E-state index in [1.165, 1.54) is 4.68 Å². The van der Waals surface area contributed by atoms with E-state index in [1.54, 1.807) is 23.2 Å². The van der Waals surface area contributed by atoms with Gasteiger partial charge in [0.1, 0.15) is 5.69 Å². The van der Waals surface area contributed by atoms with E-state index in [2.05, 4.69) is 10.00 Å². The van der Waals surface area contributed by atoms with Gasteiger partial charge in [0, 0.05) is 38.9 Å². The zero-order valence-corrected chi connectivity index (χ0v) is 16.2. The molecule has 27 heavy (non-hydrogen) atoms. The van der Waals surface area contributed by atoms with Crippen LogP contribution in [-0.2, 0) is 17.9 Å². The highest BCUT2D eigenvalue weighted by Crippen LogP contribution is 2.23. The van der Waals surface area contributed by atoms with Crippen molar-refractivity contribution in [3.8, 4) is 0 Å². The molecule has 1 aromatic heterocycles. The summed E-state index contributed by atoms with van der Waals surface area (Å²) in [5.41, 5.74) is 1.43. The summed E-state index contributed by atoms with van der Waals surface area (Å²) < 4.78 is 1.49. The van der Waals surface area contributed by atoms with E-state index >= 15 is 0 Å². The Morgan fingerprint density at radius 2 is 1.81 bits per heavy atom. The molecule has 0 radical (unpaired) electrons. The molecule has 1 aromatic carbocycles. The van der Waals surface area contributed by atoms with Crippen LogP contribution in [0.15, 0.2) is 30.5 Å². The SMILES string of the molecule is O=C(O)CCn1ccc(C(=O)N2CCN(Cc3ccc(Cl)c(Cl)c3)CC2)n1. The number of aromatic nitrogens is 2. The lowest BCUT2D eigenvalue weighted by Gasteiger charge is -2.34. The highest BCUT2D eigenvalue weighted by Gasteiger charge is 2.23. The number of rotatable bonds is 6. The summed E-state index contributed by atoms with van der Waals surface area (Å²) in [6, 6.07) is 7.24. The van der Waals surface area contributed by atoms with Crippen molar-refractivity contribution < 1.29 is 14.7 Å². The summed E-state index contributed by atoms with van der Waals surface area (Å²) in [6.45, 7) is 3.74. The molecule has 0 bridgehead atoms. The van der Waals surface area contributed by atoms with Crippen molar-refractivity contribution in [1.29, 1.82) is 0 Å². The second kappa shape index (κ2) is 8.73. The Kier molecular flexibility index (Phi) is 6.36. The summed E-state index contributed by atoms with van der Waals surface area (Å²) in [5.74, 6) is -1.02. The van der Waals surface area contributed by atoms with Crippen molar-refractivity contribution in [3.05, 3.63) is 51.8 Å². The molecule has 1 fully saturated rings. The number of amides is 1. The first kappa shape index (κ1) is 19.7. The summed E-state index contributed by atoms with van der Waals surface area (Å²) in [5, 5.41) is 14.0.